The zero-order valence-corrected chi connectivity index (χ0v) is 21.5. The van der Waals surface area contributed by atoms with Crippen molar-refractivity contribution in [3.05, 3.63) is 47.2 Å². The highest BCUT2D eigenvalue weighted by Gasteiger charge is 2.55. The topological polar surface area (TPSA) is 126 Å². The number of amides is 2. The molecular formula is C27H34N6O3. The maximum Gasteiger partial charge on any atom is 0.274 e. The Hall–Kier alpha value is -3.49. The molecule has 2 amide bonds. The van der Waals surface area contributed by atoms with Gasteiger partial charge in [0.05, 0.1) is 23.3 Å². The first-order valence-electron chi connectivity index (χ1n) is 12.7. The van der Waals surface area contributed by atoms with Crippen molar-refractivity contribution in [2.24, 2.45) is 17.8 Å². The number of anilines is 1. The van der Waals surface area contributed by atoms with Gasteiger partial charge in [0, 0.05) is 16.8 Å². The molecule has 0 radical (unpaired) electrons. The van der Waals surface area contributed by atoms with Gasteiger partial charge in [-0.3, -0.25) is 19.7 Å². The number of H-pyrrole nitrogens is 1. The number of nitrogens with one attached hydrogen (secondary N) is 3. The van der Waals surface area contributed by atoms with Crippen LogP contribution in [0.4, 0.5) is 5.69 Å². The highest BCUT2D eigenvalue weighted by Crippen LogP contribution is 2.54. The van der Waals surface area contributed by atoms with Gasteiger partial charge >= 0.3 is 0 Å². The van der Waals surface area contributed by atoms with Crippen molar-refractivity contribution in [1.29, 1.82) is 0 Å². The van der Waals surface area contributed by atoms with Crippen LogP contribution in [0, 0.1) is 31.6 Å². The fourth-order valence-electron chi connectivity index (χ4n) is 5.46. The third-order valence-corrected chi connectivity index (χ3v) is 7.61. The van der Waals surface area contributed by atoms with Gasteiger partial charge in [-0.05, 0) is 82.3 Å². The Kier molecular flexibility index (Phi) is 6.18. The predicted molar refractivity (Wildman–Crippen MR) is 135 cm³/mol. The fraction of sp³-hybridized carbons (Fsp3) is 0.519. The first-order chi connectivity index (χ1) is 17.2. The van der Waals surface area contributed by atoms with E-state index in [9.17, 15) is 9.59 Å². The third kappa shape index (κ3) is 4.54. The molecule has 2 fully saturated rings. The van der Waals surface area contributed by atoms with Crippen molar-refractivity contribution in [3.63, 3.8) is 0 Å². The summed E-state index contributed by atoms with van der Waals surface area (Å²) in [5.74, 6) is 0.396. The van der Waals surface area contributed by atoms with Crippen molar-refractivity contribution in [2.75, 3.05) is 5.32 Å². The van der Waals surface area contributed by atoms with Crippen molar-refractivity contribution >= 4 is 17.5 Å². The first kappa shape index (κ1) is 24.2. The Balaban J connectivity index is 1.41. The number of hydrogen-bond acceptors (Lipinski definition) is 6. The fourth-order valence-corrected chi connectivity index (χ4v) is 5.46. The van der Waals surface area contributed by atoms with E-state index in [0.717, 1.165) is 53.9 Å². The quantitative estimate of drug-likeness (QED) is 0.397. The zero-order chi connectivity index (χ0) is 25.6. The lowest BCUT2D eigenvalue weighted by Crippen LogP contribution is -2.60. The molecule has 36 heavy (non-hydrogen) atoms. The Morgan fingerprint density at radius 2 is 1.83 bits per heavy atom. The molecular weight excluding hydrogens is 456 g/mol. The molecule has 0 aromatic carbocycles. The minimum atomic E-state index is -1.09. The highest BCUT2D eigenvalue weighted by atomic mass is 16.5. The number of aryl methyl sites for hydroxylation is 2. The summed E-state index contributed by atoms with van der Waals surface area (Å²) in [5, 5.41) is 17.3. The monoisotopic (exact) mass is 490 g/mol. The number of nitrogens with zero attached hydrogens (tertiary/aromatic N) is 3. The Morgan fingerprint density at radius 3 is 2.36 bits per heavy atom. The first-order valence-corrected chi connectivity index (χ1v) is 12.7. The maximum atomic E-state index is 13.9. The van der Waals surface area contributed by atoms with Gasteiger partial charge in [0.1, 0.15) is 11.8 Å². The molecule has 2 saturated carbocycles. The number of rotatable bonds is 9. The summed E-state index contributed by atoms with van der Waals surface area (Å²) in [6.45, 7) is 9.71. The predicted octanol–water partition coefficient (Wildman–Crippen LogP) is 4.76. The second kappa shape index (κ2) is 9.19. The second-order valence-corrected chi connectivity index (χ2v) is 10.8. The maximum absolute atomic E-state index is 13.9. The van der Waals surface area contributed by atoms with E-state index in [-0.39, 0.29) is 29.3 Å². The number of aromatic amines is 1. The summed E-state index contributed by atoms with van der Waals surface area (Å²) >= 11 is 0. The lowest BCUT2D eigenvalue weighted by molar-refractivity contribution is -0.124. The number of carbonyl (C=O) groups excluding carboxylic acids is 2. The molecule has 0 aliphatic heterocycles. The summed E-state index contributed by atoms with van der Waals surface area (Å²) in [5.41, 5.74) is 4.02. The molecule has 9 heteroatoms. The van der Waals surface area contributed by atoms with E-state index < -0.39 is 5.54 Å². The lowest BCUT2D eigenvalue weighted by atomic mass is 9.77. The summed E-state index contributed by atoms with van der Waals surface area (Å²) in [4.78, 5) is 31.8. The summed E-state index contributed by atoms with van der Waals surface area (Å²) in [6.07, 6.45) is 7.50. The Morgan fingerprint density at radius 1 is 1.14 bits per heavy atom. The van der Waals surface area contributed by atoms with Crippen LogP contribution < -0.4 is 10.6 Å². The molecule has 2 aliphatic carbocycles. The Labute approximate surface area is 210 Å². The number of pyridine rings is 1. The van der Waals surface area contributed by atoms with E-state index >= 15 is 0 Å². The highest BCUT2D eigenvalue weighted by molar-refractivity contribution is 6.03. The molecule has 3 heterocycles. The average Bonchev–Trinajstić information content (AvgIpc) is 3.77. The van der Waals surface area contributed by atoms with Gasteiger partial charge in [-0.25, -0.2) is 0 Å². The van der Waals surface area contributed by atoms with Gasteiger partial charge in [-0.2, -0.15) is 5.10 Å². The van der Waals surface area contributed by atoms with Crippen LogP contribution in [0.1, 0.15) is 79.8 Å². The van der Waals surface area contributed by atoms with Crippen LogP contribution in [0.25, 0.3) is 11.3 Å². The minimum Gasteiger partial charge on any atom is -0.364 e. The van der Waals surface area contributed by atoms with E-state index in [1.54, 1.807) is 6.20 Å². The van der Waals surface area contributed by atoms with Crippen LogP contribution in [0.2, 0.25) is 0 Å². The number of hydrogen-bond donors (Lipinski definition) is 3. The van der Waals surface area contributed by atoms with E-state index in [2.05, 4.69) is 31.0 Å². The molecule has 3 aromatic rings. The summed E-state index contributed by atoms with van der Waals surface area (Å²) in [6, 6.07) is 3.71. The minimum absolute atomic E-state index is 0.0688. The van der Waals surface area contributed by atoms with Crippen molar-refractivity contribution < 1.29 is 14.1 Å². The van der Waals surface area contributed by atoms with Crippen LogP contribution in [-0.2, 0) is 4.79 Å². The van der Waals surface area contributed by atoms with E-state index in [0.29, 0.717) is 17.5 Å². The molecule has 0 bridgehead atoms. The van der Waals surface area contributed by atoms with Gasteiger partial charge in [0.25, 0.3) is 5.91 Å². The van der Waals surface area contributed by atoms with Crippen molar-refractivity contribution in [1.82, 2.24) is 25.7 Å². The molecule has 0 saturated heterocycles. The molecule has 2 aliphatic rings. The van der Waals surface area contributed by atoms with Crippen LogP contribution in [0.5, 0.6) is 0 Å². The molecule has 0 spiro atoms. The smallest absolute Gasteiger partial charge is 0.274 e. The van der Waals surface area contributed by atoms with Crippen LogP contribution >= 0.6 is 0 Å². The van der Waals surface area contributed by atoms with Gasteiger partial charge in [0.15, 0.2) is 5.69 Å². The van der Waals surface area contributed by atoms with E-state index in [4.69, 9.17) is 4.52 Å². The zero-order valence-electron chi connectivity index (χ0n) is 21.5. The molecule has 9 nitrogen and oxygen atoms in total. The molecule has 3 aromatic heterocycles. The summed E-state index contributed by atoms with van der Waals surface area (Å²) < 4.78 is 5.11. The van der Waals surface area contributed by atoms with Gasteiger partial charge in [-0.15, -0.1) is 0 Å². The van der Waals surface area contributed by atoms with Crippen molar-refractivity contribution in [2.45, 2.75) is 71.8 Å². The lowest BCUT2D eigenvalue weighted by Gasteiger charge is -2.37. The Bertz CT molecular complexity index is 1240. The van der Waals surface area contributed by atoms with Crippen LogP contribution in [0.3, 0.4) is 0 Å². The molecule has 1 unspecified atom stereocenters. The largest absolute Gasteiger partial charge is 0.364 e. The van der Waals surface area contributed by atoms with Gasteiger partial charge < -0.3 is 15.2 Å². The van der Waals surface area contributed by atoms with E-state index in [1.165, 1.54) is 6.26 Å². The van der Waals surface area contributed by atoms with Crippen LogP contribution in [-0.4, -0.2) is 37.7 Å². The second-order valence-electron chi connectivity index (χ2n) is 10.8. The SMILES string of the molecule is Cc1n[nH]c(C)c1-c1ccc(NC(=O)C(C)(NC(=O)c2nocc2C(C)C)C(C2CC2)C2CC2)cn1. The molecule has 5 rings (SSSR count). The molecule has 190 valence electrons. The third-order valence-electron chi connectivity index (χ3n) is 7.61. The van der Waals surface area contributed by atoms with Gasteiger partial charge in [0.2, 0.25) is 5.91 Å². The van der Waals surface area contributed by atoms with E-state index in [1.807, 2.05) is 46.8 Å². The normalized spacial score (nSPS) is 17.3. The summed E-state index contributed by atoms with van der Waals surface area (Å²) in [7, 11) is 0. The average molecular weight is 491 g/mol. The van der Waals surface area contributed by atoms with Crippen molar-refractivity contribution in [3.8, 4) is 11.3 Å². The molecule has 1 atom stereocenters. The standard InChI is InChI=1S/C27H34N6O3/c1-14(2)20-13-36-33-24(20)25(34)30-27(5,23(17-6-7-17)18-8-9-18)26(35)29-19-10-11-21(28-12-19)22-15(3)31-32-16(22)4/h10-14,17-18,23H,6-9H2,1-5H3,(H,29,35)(H,30,34)(H,31,32). The number of carbonyl (C=O) groups is 2. The number of aromatic nitrogens is 4. The van der Waals surface area contributed by atoms with Crippen LogP contribution in [0.15, 0.2) is 29.1 Å². The molecule has 3 N–H and O–H groups in total. The van der Waals surface area contributed by atoms with Gasteiger partial charge in [-0.1, -0.05) is 19.0 Å².